The lowest BCUT2D eigenvalue weighted by atomic mass is 10.1. The molecule has 2 aromatic carbocycles. The van der Waals surface area contributed by atoms with E-state index in [9.17, 15) is 27.6 Å². The summed E-state index contributed by atoms with van der Waals surface area (Å²) in [6.07, 6.45) is -4.88. The molecule has 1 aromatic heterocycles. The van der Waals surface area contributed by atoms with Crippen LogP contribution in [0.5, 0.6) is 5.75 Å². The molecule has 0 radical (unpaired) electrons. The highest BCUT2D eigenvalue weighted by molar-refractivity contribution is 6.02. The molecule has 33 heavy (non-hydrogen) atoms. The molecule has 0 spiro atoms. The Hall–Kier alpha value is -3.89. The number of hydrogen-bond acceptors (Lipinski definition) is 6. The molecule has 1 N–H and O–H groups in total. The van der Waals surface area contributed by atoms with Crippen LogP contribution in [0.2, 0.25) is 0 Å². The number of amides is 1. The van der Waals surface area contributed by atoms with Crippen molar-refractivity contribution in [2.45, 2.75) is 32.8 Å². The third kappa shape index (κ3) is 5.88. The van der Waals surface area contributed by atoms with E-state index in [1.54, 1.807) is 38.1 Å². The Morgan fingerprint density at radius 2 is 1.70 bits per heavy atom. The second kappa shape index (κ2) is 9.72. The first-order valence-electron chi connectivity index (χ1n) is 9.86. The summed E-state index contributed by atoms with van der Waals surface area (Å²) < 4.78 is 47.6. The molecule has 0 saturated carbocycles. The zero-order chi connectivity index (χ0) is 24.2. The number of fused-ring (bicyclic) bond motifs is 1. The number of alkyl halides is 3. The molecule has 0 saturated heterocycles. The van der Waals surface area contributed by atoms with Crippen LogP contribution in [0.4, 0.5) is 13.2 Å². The summed E-state index contributed by atoms with van der Waals surface area (Å²) in [7, 11) is 0. The molecule has 11 heteroatoms. The number of para-hydroxylation sites is 1. The maximum absolute atomic E-state index is 12.6. The fourth-order valence-corrected chi connectivity index (χ4v) is 3.03. The quantitative estimate of drug-likeness (QED) is 0.540. The fourth-order valence-electron chi connectivity index (χ4n) is 3.03. The van der Waals surface area contributed by atoms with Gasteiger partial charge in [0.25, 0.3) is 11.5 Å². The lowest BCUT2D eigenvalue weighted by Crippen LogP contribution is -2.31. The van der Waals surface area contributed by atoms with Gasteiger partial charge in [-0.3, -0.25) is 9.59 Å². The van der Waals surface area contributed by atoms with Crippen LogP contribution in [-0.2, 0) is 16.1 Å². The van der Waals surface area contributed by atoms with Crippen molar-refractivity contribution in [1.29, 1.82) is 0 Å². The number of ether oxygens (including phenoxy) is 2. The molecule has 0 bridgehead atoms. The van der Waals surface area contributed by atoms with Gasteiger partial charge in [0.05, 0.1) is 11.4 Å². The summed E-state index contributed by atoms with van der Waals surface area (Å²) >= 11 is 0. The van der Waals surface area contributed by atoms with Gasteiger partial charge in [0.1, 0.15) is 5.75 Å². The summed E-state index contributed by atoms with van der Waals surface area (Å²) in [6.45, 7) is 2.48. The van der Waals surface area contributed by atoms with Crippen LogP contribution >= 0.6 is 0 Å². The highest BCUT2D eigenvalue weighted by Gasteiger charge is 2.32. The highest BCUT2D eigenvalue weighted by atomic mass is 19.4. The molecule has 174 valence electrons. The van der Waals surface area contributed by atoms with E-state index in [0.717, 1.165) is 10.7 Å². The molecule has 8 nitrogen and oxygen atoms in total. The Labute approximate surface area is 185 Å². The summed E-state index contributed by atoms with van der Waals surface area (Å²) in [5.74, 6) is -2.11. The first kappa shape index (κ1) is 23.8. The zero-order valence-corrected chi connectivity index (χ0v) is 17.7. The van der Waals surface area contributed by atoms with Gasteiger partial charge in [0.2, 0.25) is 0 Å². The van der Waals surface area contributed by atoms with E-state index >= 15 is 0 Å². The van der Waals surface area contributed by atoms with Gasteiger partial charge in [0.15, 0.2) is 12.3 Å². The third-order valence-electron chi connectivity index (χ3n) is 4.52. The van der Waals surface area contributed by atoms with Gasteiger partial charge >= 0.3 is 12.3 Å². The zero-order valence-electron chi connectivity index (χ0n) is 17.7. The maximum atomic E-state index is 12.6. The van der Waals surface area contributed by atoms with E-state index in [2.05, 4.69) is 15.2 Å². The molecule has 0 unspecified atom stereocenters. The number of nitrogens with zero attached hydrogens (tertiary/aromatic N) is 2. The predicted molar refractivity (Wildman–Crippen MR) is 112 cm³/mol. The van der Waals surface area contributed by atoms with Gasteiger partial charge in [-0.05, 0) is 26.0 Å². The maximum Gasteiger partial charge on any atom is 0.573 e. The second-order valence-corrected chi connectivity index (χ2v) is 7.25. The first-order valence-corrected chi connectivity index (χ1v) is 9.86. The summed E-state index contributed by atoms with van der Waals surface area (Å²) in [5.41, 5.74) is -0.406. The second-order valence-electron chi connectivity index (χ2n) is 7.25. The molecule has 0 aliphatic heterocycles. The van der Waals surface area contributed by atoms with Gasteiger partial charge in [-0.1, -0.05) is 36.4 Å². The van der Waals surface area contributed by atoms with E-state index in [0.29, 0.717) is 0 Å². The Bertz CT molecular complexity index is 1240. The number of hydrogen-bond donors (Lipinski definition) is 1. The predicted octanol–water partition coefficient (Wildman–Crippen LogP) is 3.35. The van der Waals surface area contributed by atoms with Crippen molar-refractivity contribution < 1.29 is 32.2 Å². The highest BCUT2D eigenvalue weighted by Crippen LogP contribution is 2.26. The molecule has 3 aromatic rings. The van der Waals surface area contributed by atoms with Gasteiger partial charge in [-0.15, -0.1) is 13.2 Å². The summed E-state index contributed by atoms with van der Waals surface area (Å²) in [4.78, 5) is 37.3. The van der Waals surface area contributed by atoms with E-state index in [1.807, 2.05) is 0 Å². The summed E-state index contributed by atoms with van der Waals surface area (Å²) in [6, 6.07) is 11.4. The normalized spacial score (nSPS) is 11.5. The standard InChI is InChI=1S/C22H20F3N3O5/c1-13(2)28-20(30)16-9-5-4-8-15(16)19(27-28)21(31)32-12-18(29)26-11-14-7-3-6-10-17(14)33-22(23,24)25/h3-10,13H,11-12H2,1-2H3,(H,26,29). The topological polar surface area (TPSA) is 99.5 Å². The van der Waals surface area contributed by atoms with Crippen LogP contribution in [-0.4, -0.2) is 34.6 Å². The Morgan fingerprint density at radius 3 is 2.36 bits per heavy atom. The lowest BCUT2D eigenvalue weighted by Gasteiger charge is -2.14. The number of aromatic nitrogens is 2. The number of esters is 1. The van der Waals surface area contributed by atoms with Crippen LogP contribution in [0.1, 0.15) is 35.9 Å². The molecule has 0 aliphatic carbocycles. The average molecular weight is 463 g/mol. The van der Waals surface area contributed by atoms with E-state index in [-0.39, 0.29) is 40.2 Å². The number of carbonyl (C=O) groups excluding carboxylic acids is 2. The van der Waals surface area contributed by atoms with Gasteiger partial charge in [-0.25, -0.2) is 9.48 Å². The molecule has 0 atom stereocenters. The van der Waals surface area contributed by atoms with Crippen LogP contribution in [0.15, 0.2) is 53.3 Å². The molecule has 0 aliphatic rings. The Kier molecular flexibility index (Phi) is 7.00. The minimum Gasteiger partial charge on any atom is -0.451 e. The largest absolute Gasteiger partial charge is 0.573 e. The molecular formula is C22H20F3N3O5. The number of nitrogens with one attached hydrogen (secondary N) is 1. The Morgan fingerprint density at radius 1 is 1.06 bits per heavy atom. The van der Waals surface area contributed by atoms with Crippen molar-refractivity contribution in [1.82, 2.24) is 15.1 Å². The van der Waals surface area contributed by atoms with Crippen LogP contribution in [0, 0.1) is 0 Å². The first-order chi connectivity index (χ1) is 15.6. The van der Waals surface area contributed by atoms with Crippen molar-refractivity contribution in [2.75, 3.05) is 6.61 Å². The van der Waals surface area contributed by atoms with Crippen LogP contribution < -0.4 is 15.6 Å². The fraction of sp³-hybridized carbons (Fsp3) is 0.273. The van der Waals surface area contributed by atoms with Crippen LogP contribution in [0.3, 0.4) is 0 Å². The summed E-state index contributed by atoms with van der Waals surface area (Å²) in [5, 5.41) is 7.02. The lowest BCUT2D eigenvalue weighted by molar-refractivity contribution is -0.274. The van der Waals surface area contributed by atoms with E-state index in [4.69, 9.17) is 4.74 Å². The smallest absolute Gasteiger partial charge is 0.451 e. The molecule has 3 rings (SSSR count). The van der Waals surface area contributed by atoms with Crippen molar-refractivity contribution in [2.24, 2.45) is 0 Å². The van der Waals surface area contributed by atoms with Crippen molar-refractivity contribution in [3.63, 3.8) is 0 Å². The van der Waals surface area contributed by atoms with Crippen molar-refractivity contribution in [3.8, 4) is 5.75 Å². The van der Waals surface area contributed by atoms with E-state index in [1.165, 1.54) is 18.2 Å². The number of rotatable bonds is 7. The molecule has 0 fully saturated rings. The Balaban J connectivity index is 1.69. The minimum absolute atomic E-state index is 0.0890. The minimum atomic E-state index is -4.88. The third-order valence-corrected chi connectivity index (χ3v) is 4.52. The van der Waals surface area contributed by atoms with Gasteiger partial charge in [0, 0.05) is 17.5 Å². The average Bonchev–Trinajstić information content (AvgIpc) is 2.76. The number of carbonyl (C=O) groups is 2. The van der Waals surface area contributed by atoms with Crippen molar-refractivity contribution in [3.05, 3.63) is 70.1 Å². The van der Waals surface area contributed by atoms with Gasteiger partial charge in [-0.2, -0.15) is 5.10 Å². The van der Waals surface area contributed by atoms with E-state index < -0.39 is 30.6 Å². The van der Waals surface area contributed by atoms with Crippen molar-refractivity contribution >= 4 is 22.6 Å². The number of benzene rings is 2. The molecular weight excluding hydrogens is 443 g/mol. The monoisotopic (exact) mass is 463 g/mol. The SMILES string of the molecule is CC(C)n1nc(C(=O)OCC(=O)NCc2ccccc2OC(F)(F)F)c2ccccc2c1=O. The van der Waals surface area contributed by atoms with Gasteiger partial charge < -0.3 is 14.8 Å². The number of halogens is 3. The van der Waals surface area contributed by atoms with Crippen LogP contribution in [0.25, 0.3) is 10.8 Å². The molecule has 1 heterocycles. The molecule has 1 amide bonds.